The van der Waals surface area contributed by atoms with Crippen LogP contribution in [0, 0.1) is 0 Å². The molecule has 1 aromatic carbocycles. The normalized spacial score (nSPS) is 10.9. The fourth-order valence-corrected chi connectivity index (χ4v) is 1.28. The molecule has 0 aliphatic rings. The Kier molecular flexibility index (Phi) is 4.40. The third-order valence-corrected chi connectivity index (χ3v) is 2.55. The van der Waals surface area contributed by atoms with Crippen LogP contribution in [0.1, 0.15) is 13.8 Å². The van der Waals surface area contributed by atoms with Gasteiger partial charge in [0, 0.05) is 6.07 Å². The zero-order chi connectivity index (χ0) is 13.1. The topological polar surface area (TPSA) is 47.6 Å². The largest absolute Gasteiger partial charge is 0.497 e. The number of methoxy groups -OCH3 is 2. The number of anilines is 1. The van der Waals surface area contributed by atoms with Crippen LogP contribution in [0.15, 0.2) is 18.2 Å². The van der Waals surface area contributed by atoms with E-state index >= 15 is 0 Å². The summed E-state index contributed by atoms with van der Waals surface area (Å²) in [6, 6.07) is 5.24. The van der Waals surface area contributed by atoms with Crippen LogP contribution in [0.3, 0.4) is 0 Å². The van der Waals surface area contributed by atoms with E-state index < -0.39 is 4.32 Å². The summed E-state index contributed by atoms with van der Waals surface area (Å²) in [5, 5.41) is 2.79. The molecule has 4 nitrogen and oxygen atoms in total. The number of carbonyl (C=O) groups excluding carboxylic acids is 1. The molecule has 0 aliphatic heterocycles. The molecule has 0 spiro atoms. The molecule has 0 bridgehead atoms. The molecule has 0 saturated heterocycles. The van der Waals surface area contributed by atoms with Gasteiger partial charge in [-0.05, 0) is 26.0 Å². The second-order valence-corrected chi connectivity index (χ2v) is 5.98. The molecule has 94 valence electrons. The van der Waals surface area contributed by atoms with Crippen molar-refractivity contribution in [3.8, 4) is 11.5 Å². The quantitative estimate of drug-likeness (QED) is 0.870. The van der Waals surface area contributed by atoms with Crippen LogP contribution >= 0.6 is 15.9 Å². The first-order chi connectivity index (χ1) is 7.88. The number of alkyl halides is 1. The number of rotatable bonds is 4. The molecule has 0 atom stereocenters. The average molecular weight is 302 g/mol. The third-order valence-electron chi connectivity index (χ3n) is 2.19. The van der Waals surface area contributed by atoms with E-state index in [4.69, 9.17) is 9.47 Å². The Labute approximate surface area is 109 Å². The van der Waals surface area contributed by atoms with Crippen molar-refractivity contribution < 1.29 is 14.3 Å². The minimum Gasteiger partial charge on any atom is -0.497 e. The van der Waals surface area contributed by atoms with Gasteiger partial charge in [0.05, 0.1) is 24.2 Å². The second-order valence-electron chi connectivity index (χ2n) is 3.99. The van der Waals surface area contributed by atoms with Crippen LogP contribution in [-0.4, -0.2) is 24.5 Å². The van der Waals surface area contributed by atoms with Crippen molar-refractivity contribution in [3.05, 3.63) is 18.2 Å². The molecule has 5 heteroatoms. The first-order valence-corrected chi connectivity index (χ1v) is 5.90. The molecule has 1 N–H and O–H groups in total. The number of hydrogen-bond acceptors (Lipinski definition) is 3. The highest BCUT2D eigenvalue weighted by Gasteiger charge is 2.24. The second kappa shape index (κ2) is 5.40. The zero-order valence-electron chi connectivity index (χ0n) is 10.3. The van der Waals surface area contributed by atoms with Crippen LogP contribution in [-0.2, 0) is 4.79 Å². The predicted octanol–water partition coefficient (Wildman–Crippen LogP) is 2.82. The summed E-state index contributed by atoms with van der Waals surface area (Å²) in [4.78, 5) is 11.8. The van der Waals surface area contributed by atoms with Gasteiger partial charge in [-0.1, -0.05) is 15.9 Å². The third kappa shape index (κ3) is 3.63. The van der Waals surface area contributed by atoms with Gasteiger partial charge in [0.2, 0.25) is 5.91 Å². The van der Waals surface area contributed by atoms with Crippen molar-refractivity contribution in [2.75, 3.05) is 19.5 Å². The van der Waals surface area contributed by atoms with Crippen molar-refractivity contribution in [3.63, 3.8) is 0 Å². The van der Waals surface area contributed by atoms with Crippen LogP contribution in [0.5, 0.6) is 11.5 Å². The summed E-state index contributed by atoms with van der Waals surface area (Å²) >= 11 is 3.30. The van der Waals surface area contributed by atoms with E-state index in [9.17, 15) is 4.79 Å². The molecule has 1 aromatic rings. The Balaban J connectivity index is 2.99. The van der Waals surface area contributed by atoms with Crippen molar-refractivity contribution in [2.45, 2.75) is 18.2 Å². The standard InChI is InChI=1S/C12H16BrNO3/c1-12(2,13)11(15)14-9-7-8(16-3)5-6-10(9)17-4/h5-7H,1-4H3,(H,14,15). The average Bonchev–Trinajstić information content (AvgIpc) is 2.27. The molecule has 0 heterocycles. The lowest BCUT2D eigenvalue weighted by atomic mass is 10.2. The maximum atomic E-state index is 11.8. The molecule has 0 aromatic heterocycles. The summed E-state index contributed by atoms with van der Waals surface area (Å²) in [6.45, 7) is 3.55. The smallest absolute Gasteiger partial charge is 0.240 e. The highest BCUT2D eigenvalue weighted by Crippen LogP contribution is 2.30. The molecule has 1 rings (SSSR count). The van der Waals surface area contributed by atoms with Crippen LogP contribution in [0.25, 0.3) is 0 Å². The first-order valence-electron chi connectivity index (χ1n) is 5.11. The van der Waals surface area contributed by atoms with Crippen molar-refractivity contribution >= 4 is 27.5 Å². The molecule has 0 saturated carbocycles. The molecule has 0 aliphatic carbocycles. The van der Waals surface area contributed by atoms with Gasteiger partial charge >= 0.3 is 0 Å². The van der Waals surface area contributed by atoms with E-state index in [1.165, 1.54) is 0 Å². The Morgan fingerprint density at radius 1 is 1.29 bits per heavy atom. The molecule has 0 fully saturated rings. The van der Waals surface area contributed by atoms with E-state index in [1.807, 2.05) is 0 Å². The lowest BCUT2D eigenvalue weighted by Crippen LogP contribution is -2.31. The van der Waals surface area contributed by atoms with Gasteiger partial charge in [-0.2, -0.15) is 0 Å². The summed E-state index contributed by atoms with van der Waals surface area (Å²) < 4.78 is 9.64. The van der Waals surface area contributed by atoms with Gasteiger partial charge in [-0.15, -0.1) is 0 Å². The fraction of sp³-hybridized carbons (Fsp3) is 0.417. The van der Waals surface area contributed by atoms with E-state index in [1.54, 1.807) is 46.3 Å². The lowest BCUT2D eigenvalue weighted by molar-refractivity contribution is -0.117. The van der Waals surface area contributed by atoms with Crippen LogP contribution in [0.4, 0.5) is 5.69 Å². The predicted molar refractivity (Wildman–Crippen MR) is 71.2 cm³/mol. The number of nitrogens with one attached hydrogen (secondary N) is 1. The highest BCUT2D eigenvalue weighted by atomic mass is 79.9. The molecular formula is C12H16BrNO3. The number of carbonyl (C=O) groups is 1. The number of amides is 1. The maximum Gasteiger partial charge on any atom is 0.240 e. The molecule has 1 amide bonds. The van der Waals surface area contributed by atoms with Crippen LogP contribution < -0.4 is 14.8 Å². The minimum absolute atomic E-state index is 0.149. The fourth-order valence-electron chi connectivity index (χ4n) is 1.18. The Morgan fingerprint density at radius 2 is 1.94 bits per heavy atom. The summed E-state index contributed by atoms with van der Waals surface area (Å²) in [5.41, 5.74) is 0.587. The lowest BCUT2D eigenvalue weighted by Gasteiger charge is -2.17. The molecular weight excluding hydrogens is 286 g/mol. The van der Waals surface area contributed by atoms with Crippen LogP contribution in [0.2, 0.25) is 0 Å². The number of hydrogen-bond donors (Lipinski definition) is 1. The van der Waals surface area contributed by atoms with E-state index in [0.717, 1.165) is 0 Å². The summed E-state index contributed by atoms with van der Waals surface area (Å²) in [6.07, 6.45) is 0. The first kappa shape index (κ1) is 13.8. The molecule has 0 radical (unpaired) electrons. The summed E-state index contributed by atoms with van der Waals surface area (Å²) in [5.74, 6) is 1.11. The minimum atomic E-state index is -0.638. The molecule has 0 unspecified atom stereocenters. The monoisotopic (exact) mass is 301 g/mol. The Morgan fingerprint density at radius 3 is 2.41 bits per heavy atom. The van der Waals surface area contributed by atoms with Crippen molar-refractivity contribution in [1.29, 1.82) is 0 Å². The van der Waals surface area contributed by atoms with E-state index in [0.29, 0.717) is 17.2 Å². The van der Waals surface area contributed by atoms with E-state index in [-0.39, 0.29) is 5.91 Å². The van der Waals surface area contributed by atoms with Gasteiger partial charge in [-0.25, -0.2) is 0 Å². The van der Waals surface area contributed by atoms with Crippen molar-refractivity contribution in [2.24, 2.45) is 0 Å². The van der Waals surface area contributed by atoms with Gasteiger partial charge in [0.25, 0.3) is 0 Å². The number of halogens is 1. The van der Waals surface area contributed by atoms with Crippen molar-refractivity contribution in [1.82, 2.24) is 0 Å². The number of benzene rings is 1. The Hall–Kier alpha value is -1.23. The Bertz CT molecular complexity index is 413. The van der Waals surface area contributed by atoms with Gasteiger partial charge < -0.3 is 14.8 Å². The van der Waals surface area contributed by atoms with E-state index in [2.05, 4.69) is 21.2 Å². The zero-order valence-corrected chi connectivity index (χ0v) is 11.9. The summed E-state index contributed by atoms with van der Waals surface area (Å²) in [7, 11) is 3.12. The highest BCUT2D eigenvalue weighted by molar-refractivity contribution is 9.10. The number of ether oxygens (including phenoxy) is 2. The van der Waals surface area contributed by atoms with Gasteiger partial charge in [-0.3, -0.25) is 4.79 Å². The SMILES string of the molecule is COc1ccc(OC)c(NC(=O)C(C)(C)Br)c1. The van der Waals surface area contributed by atoms with Gasteiger partial charge in [0.15, 0.2) is 0 Å². The molecule has 17 heavy (non-hydrogen) atoms. The maximum absolute atomic E-state index is 11.8. The van der Waals surface area contributed by atoms with Gasteiger partial charge in [0.1, 0.15) is 11.5 Å².